The monoisotopic (exact) mass is 411 g/mol. The van der Waals surface area contributed by atoms with Gasteiger partial charge in [0.05, 0.1) is 5.69 Å². The van der Waals surface area contributed by atoms with Gasteiger partial charge in [0.15, 0.2) is 5.78 Å². The standard InChI is InChI=1S/C23H33N5O2/c1-17-16-26(13-14-27(17)19-9-11-25(3)12-10-19)23(30)21-15-22(18(2)29)28(24-21)20-7-5-4-6-8-20/h4-8,17,19,22H,9-16H2,1-3H3/t17-,22-/m0/s1. The van der Waals surface area contributed by atoms with Gasteiger partial charge in [-0.2, -0.15) is 5.10 Å². The van der Waals surface area contributed by atoms with Gasteiger partial charge in [-0.05, 0) is 59.0 Å². The summed E-state index contributed by atoms with van der Waals surface area (Å²) in [6.45, 7) is 8.46. The Morgan fingerprint density at radius 1 is 1.03 bits per heavy atom. The summed E-state index contributed by atoms with van der Waals surface area (Å²) in [7, 11) is 2.19. The minimum atomic E-state index is -0.399. The molecule has 1 amide bonds. The van der Waals surface area contributed by atoms with Crippen LogP contribution in [0.3, 0.4) is 0 Å². The van der Waals surface area contributed by atoms with Crippen molar-refractivity contribution in [3.63, 3.8) is 0 Å². The third kappa shape index (κ3) is 4.27. The number of hydrogen-bond acceptors (Lipinski definition) is 6. The van der Waals surface area contributed by atoms with E-state index in [2.05, 4.69) is 28.9 Å². The highest BCUT2D eigenvalue weighted by molar-refractivity contribution is 6.40. The fraction of sp³-hybridized carbons (Fsp3) is 0.609. The van der Waals surface area contributed by atoms with Crippen LogP contribution in [0.25, 0.3) is 0 Å². The number of hydrogen-bond donors (Lipinski definition) is 0. The summed E-state index contributed by atoms with van der Waals surface area (Å²) >= 11 is 0. The van der Waals surface area contributed by atoms with Crippen LogP contribution in [0, 0.1) is 0 Å². The lowest BCUT2D eigenvalue weighted by atomic mass is 9.99. The summed E-state index contributed by atoms with van der Waals surface area (Å²) in [4.78, 5) is 32.4. The average molecular weight is 412 g/mol. The predicted molar refractivity (Wildman–Crippen MR) is 119 cm³/mol. The molecule has 0 radical (unpaired) electrons. The van der Waals surface area contributed by atoms with E-state index in [1.807, 2.05) is 35.2 Å². The minimum Gasteiger partial charge on any atom is -0.335 e. The first-order chi connectivity index (χ1) is 14.4. The topological polar surface area (TPSA) is 59.5 Å². The Hall–Kier alpha value is -2.25. The lowest BCUT2D eigenvalue weighted by Gasteiger charge is -2.46. The number of Topliss-reactive ketones (excluding diaryl/α,β-unsaturated/α-hetero) is 1. The van der Waals surface area contributed by atoms with Gasteiger partial charge >= 0.3 is 0 Å². The molecule has 7 heteroatoms. The molecule has 7 nitrogen and oxygen atoms in total. The van der Waals surface area contributed by atoms with Crippen LogP contribution in [0.15, 0.2) is 35.4 Å². The lowest BCUT2D eigenvalue weighted by molar-refractivity contribution is -0.127. The fourth-order valence-corrected chi connectivity index (χ4v) is 4.98. The van der Waals surface area contributed by atoms with E-state index in [0.29, 0.717) is 24.2 Å². The normalized spacial score (nSPS) is 26.7. The molecule has 2 fully saturated rings. The van der Waals surface area contributed by atoms with E-state index in [4.69, 9.17) is 0 Å². The highest BCUT2D eigenvalue weighted by atomic mass is 16.2. The lowest BCUT2D eigenvalue weighted by Crippen LogP contribution is -2.59. The maximum Gasteiger partial charge on any atom is 0.270 e. The van der Waals surface area contributed by atoms with Gasteiger partial charge in [0.1, 0.15) is 11.8 Å². The molecule has 2 saturated heterocycles. The summed E-state index contributed by atoms with van der Waals surface area (Å²) in [5, 5.41) is 6.31. The van der Waals surface area contributed by atoms with Gasteiger partial charge in [0.2, 0.25) is 0 Å². The summed E-state index contributed by atoms with van der Waals surface area (Å²) in [5.74, 6) is 0.0143. The molecule has 162 valence electrons. The third-order valence-corrected chi connectivity index (χ3v) is 6.77. The Kier molecular flexibility index (Phi) is 6.20. The first-order valence-electron chi connectivity index (χ1n) is 11.1. The van der Waals surface area contributed by atoms with E-state index >= 15 is 0 Å². The van der Waals surface area contributed by atoms with E-state index < -0.39 is 6.04 Å². The Balaban J connectivity index is 1.43. The number of carbonyl (C=O) groups is 2. The number of likely N-dealkylation sites (tertiary alicyclic amines) is 1. The van der Waals surface area contributed by atoms with E-state index in [-0.39, 0.29) is 11.7 Å². The molecule has 0 aromatic heterocycles. The van der Waals surface area contributed by atoms with Crippen LogP contribution in [-0.4, -0.2) is 90.0 Å². The van der Waals surface area contributed by atoms with Crippen molar-refractivity contribution in [1.29, 1.82) is 0 Å². The molecule has 1 aromatic rings. The first-order valence-corrected chi connectivity index (χ1v) is 11.1. The second-order valence-electron chi connectivity index (χ2n) is 8.93. The molecule has 3 aliphatic rings. The molecule has 3 heterocycles. The van der Waals surface area contributed by atoms with Crippen molar-refractivity contribution >= 4 is 23.1 Å². The van der Waals surface area contributed by atoms with Crippen LogP contribution in [0.2, 0.25) is 0 Å². The van der Waals surface area contributed by atoms with Crippen LogP contribution < -0.4 is 5.01 Å². The van der Waals surface area contributed by atoms with Gasteiger partial charge in [-0.1, -0.05) is 18.2 Å². The minimum absolute atomic E-state index is 0.0189. The van der Waals surface area contributed by atoms with Gasteiger partial charge in [-0.15, -0.1) is 0 Å². The SMILES string of the molecule is CC(=O)[C@@H]1CC(C(=O)N2CCN(C3CCN(C)CC3)[C@@H](C)C2)=NN1c1ccccc1. The zero-order chi connectivity index (χ0) is 21.3. The summed E-state index contributed by atoms with van der Waals surface area (Å²) in [5.41, 5.74) is 1.35. The van der Waals surface area contributed by atoms with Gasteiger partial charge in [0, 0.05) is 38.1 Å². The number of piperazine rings is 1. The second-order valence-corrected chi connectivity index (χ2v) is 8.93. The Morgan fingerprint density at radius 2 is 1.73 bits per heavy atom. The van der Waals surface area contributed by atoms with Crippen molar-refractivity contribution in [1.82, 2.24) is 14.7 Å². The van der Waals surface area contributed by atoms with Gasteiger partial charge in [0.25, 0.3) is 5.91 Å². The third-order valence-electron chi connectivity index (χ3n) is 6.77. The highest BCUT2D eigenvalue weighted by Crippen LogP contribution is 2.27. The number of hydrazone groups is 1. The van der Waals surface area contributed by atoms with Crippen molar-refractivity contribution in [3.05, 3.63) is 30.3 Å². The number of carbonyl (C=O) groups excluding carboxylic acids is 2. The molecule has 4 rings (SSSR count). The van der Waals surface area contributed by atoms with Crippen molar-refractivity contribution in [2.45, 2.75) is 51.2 Å². The number of rotatable bonds is 4. The van der Waals surface area contributed by atoms with Gasteiger partial charge < -0.3 is 9.80 Å². The first kappa shape index (κ1) is 21.0. The van der Waals surface area contributed by atoms with E-state index in [9.17, 15) is 9.59 Å². The fourth-order valence-electron chi connectivity index (χ4n) is 4.98. The zero-order valence-corrected chi connectivity index (χ0v) is 18.3. The van der Waals surface area contributed by atoms with Crippen molar-refractivity contribution < 1.29 is 9.59 Å². The Labute approximate surface area is 179 Å². The average Bonchev–Trinajstić information content (AvgIpc) is 3.20. The van der Waals surface area contributed by atoms with Crippen LogP contribution in [0.5, 0.6) is 0 Å². The largest absolute Gasteiger partial charge is 0.335 e. The number of amides is 1. The summed E-state index contributed by atoms with van der Waals surface area (Å²) < 4.78 is 0. The maximum atomic E-state index is 13.2. The summed E-state index contributed by atoms with van der Waals surface area (Å²) in [6, 6.07) is 10.2. The van der Waals surface area contributed by atoms with Crippen molar-refractivity contribution in [3.8, 4) is 0 Å². The molecule has 0 saturated carbocycles. The number of benzene rings is 1. The number of piperidine rings is 1. The molecular weight excluding hydrogens is 378 g/mol. The molecule has 30 heavy (non-hydrogen) atoms. The number of anilines is 1. The quantitative estimate of drug-likeness (QED) is 0.757. The van der Waals surface area contributed by atoms with Gasteiger partial charge in [-0.25, -0.2) is 0 Å². The number of nitrogens with zero attached hydrogens (tertiary/aromatic N) is 5. The van der Waals surface area contributed by atoms with Crippen LogP contribution in [-0.2, 0) is 9.59 Å². The molecule has 0 N–H and O–H groups in total. The molecule has 0 unspecified atom stereocenters. The van der Waals surface area contributed by atoms with E-state index in [0.717, 1.165) is 38.4 Å². The van der Waals surface area contributed by atoms with Crippen LogP contribution in [0.4, 0.5) is 5.69 Å². The second kappa shape index (κ2) is 8.86. The van der Waals surface area contributed by atoms with Crippen molar-refractivity contribution in [2.24, 2.45) is 5.10 Å². The van der Waals surface area contributed by atoms with Crippen molar-refractivity contribution in [2.75, 3.05) is 44.8 Å². The molecule has 0 aliphatic carbocycles. The molecule has 0 bridgehead atoms. The van der Waals surface area contributed by atoms with E-state index in [1.54, 1.807) is 11.9 Å². The van der Waals surface area contributed by atoms with Crippen LogP contribution in [0.1, 0.15) is 33.1 Å². The predicted octanol–water partition coefficient (Wildman–Crippen LogP) is 1.84. The zero-order valence-electron chi connectivity index (χ0n) is 18.3. The van der Waals surface area contributed by atoms with Gasteiger partial charge in [-0.3, -0.25) is 19.5 Å². The molecule has 0 spiro atoms. The molecule has 1 aromatic carbocycles. The summed E-state index contributed by atoms with van der Waals surface area (Å²) in [6.07, 6.45) is 2.79. The smallest absolute Gasteiger partial charge is 0.270 e. The number of para-hydroxylation sites is 1. The van der Waals surface area contributed by atoms with E-state index in [1.165, 1.54) is 12.8 Å². The highest BCUT2D eigenvalue weighted by Gasteiger charge is 2.38. The molecule has 3 aliphatic heterocycles. The Bertz CT molecular complexity index is 803. The maximum absolute atomic E-state index is 13.2. The number of ketones is 1. The molecule has 2 atom stereocenters. The Morgan fingerprint density at radius 3 is 2.37 bits per heavy atom. The van der Waals surface area contributed by atoms with Crippen LogP contribution >= 0.6 is 0 Å². The molecular formula is C23H33N5O2.